The summed E-state index contributed by atoms with van der Waals surface area (Å²) >= 11 is 1.90. The highest BCUT2D eigenvalue weighted by atomic mass is 32.2. The zero-order valence-electron chi connectivity index (χ0n) is 11.7. The van der Waals surface area contributed by atoms with Crippen molar-refractivity contribution in [1.82, 2.24) is 4.90 Å². The van der Waals surface area contributed by atoms with Gasteiger partial charge in [0.1, 0.15) is 0 Å². The third-order valence-corrected chi connectivity index (χ3v) is 5.00. The summed E-state index contributed by atoms with van der Waals surface area (Å²) in [5.74, 6) is 1.16. The first-order valence-corrected chi connectivity index (χ1v) is 8.02. The van der Waals surface area contributed by atoms with Crippen LogP contribution >= 0.6 is 11.8 Å². The maximum absolute atomic E-state index is 6.09. The van der Waals surface area contributed by atoms with Crippen LogP contribution in [0.25, 0.3) is 0 Å². The van der Waals surface area contributed by atoms with E-state index in [0.29, 0.717) is 12.1 Å². The van der Waals surface area contributed by atoms with Crippen LogP contribution in [0.1, 0.15) is 33.1 Å². The number of rotatable bonds is 6. The molecule has 0 radical (unpaired) electrons. The Balaban J connectivity index is 2.72. The molecule has 0 amide bonds. The van der Waals surface area contributed by atoms with Crippen molar-refractivity contribution in [2.24, 2.45) is 5.73 Å². The van der Waals surface area contributed by atoms with Crippen LogP contribution in [0, 0.1) is 0 Å². The minimum absolute atomic E-state index is 0.147. The summed E-state index contributed by atoms with van der Waals surface area (Å²) in [7, 11) is 2.23. The molecule has 1 fully saturated rings. The van der Waals surface area contributed by atoms with Gasteiger partial charge < -0.3 is 10.5 Å². The minimum Gasteiger partial charge on any atom is -0.378 e. The molecule has 3 nitrogen and oxygen atoms in total. The smallest absolute Gasteiger partial charge is 0.0590 e. The number of likely N-dealkylation sites (N-methyl/N-ethyl adjacent to an activating group) is 1. The molecule has 1 saturated heterocycles. The number of thioether (sulfide) groups is 1. The van der Waals surface area contributed by atoms with Gasteiger partial charge >= 0.3 is 0 Å². The first-order valence-electron chi connectivity index (χ1n) is 6.63. The molecule has 0 saturated carbocycles. The lowest BCUT2D eigenvalue weighted by molar-refractivity contribution is -0.0719. The molecule has 2 N–H and O–H groups in total. The van der Waals surface area contributed by atoms with Crippen LogP contribution in [0.3, 0.4) is 0 Å². The van der Waals surface area contributed by atoms with Crippen LogP contribution < -0.4 is 5.73 Å². The van der Waals surface area contributed by atoms with Gasteiger partial charge in [-0.3, -0.25) is 4.90 Å². The quantitative estimate of drug-likeness (QED) is 0.792. The van der Waals surface area contributed by atoms with Gasteiger partial charge in [0.05, 0.1) is 6.10 Å². The van der Waals surface area contributed by atoms with Gasteiger partial charge in [-0.25, -0.2) is 0 Å². The third-order valence-electron chi connectivity index (χ3n) is 4.18. The Hall–Kier alpha value is 0.230. The Bertz CT molecular complexity index is 227. The van der Waals surface area contributed by atoms with Crippen molar-refractivity contribution in [2.45, 2.75) is 50.8 Å². The zero-order valence-corrected chi connectivity index (χ0v) is 12.6. The maximum atomic E-state index is 6.09. The second-order valence-corrected chi connectivity index (χ2v) is 6.11. The van der Waals surface area contributed by atoms with E-state index in [0.717, 1.165) is 38.2 Å². The minimum atomic E-state index is 0.147. The van der Waals surface area contributed by atoms with E-state index in [9.17, 15) is 0 Å². The maximum Gasteiger partial charge on any atom is 0.0590 e. The topological polar surface area (TPSA) is 38.5 Å². The molecule has 3 atom stereocenters. The van der Waals surface area contributed by atoms with Gasteiger partial charge in [-0.2, -0.15) is 11.8 Å². The van der Waals surface area contributed by atoms with Crippen LogP contribution in [-0.2, 0) is 4.74 Å². The lowest BCUT2D eigenvalue weighted by Gasteiger charge is -2.48. The fourth-order valence-corrected chi connectivity index (χ4v) is 3.44. The molecule has 1 aliphatic heterocycles. The van der Waals surface area contributed by atoms with Crippen molar-refractivity contribution in [1.29, 1.82) is 0 Å². The zero-order chi connectivity index (χ0) is 12.9. The summed E-state index contributed by atoms with van der Waals surface area (Å²) in [5.41, 5.74) is 6.23. The summed E-state index contributed by atoms with van der Waals surface area (Å²) in [5, 5.41) is 0. The molecular formula is C13H28N2OS. The average molecular weight is 260 g/mol. The van der Waals surface area contributed by atoms with Crippen molar-refractivity contribution in [2.75, 3.05) is 32.2 Å². The average Bonchev–Trinajstić information content (AvgIpc) is 2.38. The molecule has 1 aliphatic rings. The Kier molecular flexibility index (Phi) is 6.27. The van der Waals surface area contributed by atoms with Crippen LogP contribution in [0.2, 0.25) is 0 Å². The first-order chi connectivity index (χ1) is 8.09. The molecular weight excluding hydrogens is 232 g/mol. The third kappa shape index (κ3) is 3.60. The van der Waals surface area contributed by atoms with Crippen molar-refractivity contribution >= 4 is 11.8 Å². The van der Waals surface area contributed by atoms with Gasteiger partial charge in [-0.1, -0.05) is 6.92 Å². The van der Waals surface area contributed by atoms with Crippen LogP contribution in [0.5, 0.6) is 0 Å². The molecule has 0 aromatic carbocycles. The molecule has 0 spiro atoms. The van der Waals surface area contributed by atoms with Crippen molar-refractivity contribution in [3.63, 3.8) is 0 Å². The monoisotopic (exact) mass is 260 g/mol. The first kappa shape index (κ1) is 15.3. The Morgan fingerprint density at radius 1 is 1.59 bits per heavy atom. The van der Waals surface area contributed by atoms with Gasteiger partial charge in [0.15, 0.2) is 0 Å². The SMILES string of the molecule is CCC1CC(CN)(N(C)C(C)CSC)CCO1. The van der Waals surface area contributed by atoms with E-state index >= 15 is 0 Å². The van der Waals surface area contributed by atoms with Gasteiger partial charge in [0.25, 0.3) is 0 Å². The summed E-state index contributed by atoms with van der Waals surface area (Å²) < 4.78 is 5.79. The highest BCUT2D eigenvalue weighted by molar-refractivity contribution is 7.98. The normalized spacial score (nSPS) is 31.8. The molecule has 0 aromatic rings. The molecule has 0 aromatic heterocycles. The summed E-state index contributed by atoms with van der Waals surface area (Å²) in [6, 6.07) is 0.573. The van der Waals surface area contributed by atoms with E-state index in [2.05, 4.69) is 32.1 Å². The molecule has 1 rings (SSSR count). The Morgan fingerprint density at radius 2 is 2.29 bits per heavy atom. The molecule has 0 aliphatic carbocycles. The molecule has 1 heterocycles. The number of ether oxygens (including phenoxy) is 1. The summed E-state index contributed by atoms with van der Waals surface area (Å²) in [4.78, 5) is 2.49. The highest BCUT2D eigenvalue weighted by Crippen LogP contribution is 2.32. The van der Waals surface area contributed by atoms with Gasteiger partial charge in [0.2, 0.25) is 0 Å². The van der Waals surface area contributed by atoms with E-state index in [4.69, 9.17) is 10.5 Å². The number of nitrogens with two attached hydrogens (primary N) is 1. The molecule has 102 valence electrons. The fraction of sp³-hybridized carbons (Fsp3) is 1.00. The van der Waals surface area contributed by atoms with Crippen molar-refractivity contribution < 1.29 is 4.74 Å². The molecule has 4 heteroatoms. The van der Waals surface area contributed by atoms with Crippen molar-refractivity contribution in [3.05, 3.63) is 0 Å². The predicted octanol–water partition coefficient (Wildman–Crippen LogP) is 1.96. The summed E-state index contributed by atoms with van der Waals surface area (Å²) in [6.07, 6.45) is 5.78. The van der Waals surface area contributed by atoms with E-state index in [1.54, 1.807) is 0 Å². The number of nitrogens with zero attached hydrogens (tertiary/aromatic N) is 1. The second kappa shape index (κ2) is 6.98. The largest absolute Gasteiger partial charge is 0.378 e. The van der Waals surface area contributed by atoms with Crippen LogP contribution in [0.15, 0.2) is 0 Å². The second-order valence-electron chi connectivity index (χ2n) is 5.20. The highest BCUT2D eigenvalue weighted by Gasteiger charge is 2.40. The standard InChI is InChI=1S/C13H28N2OS/c1-5-12-8-13(10-14,6-7-16-12)15(3)11(2)9-17-4/h11-12H,5-10,14H2,1-4H3. The van der Waals surface area contributed by atoms with E-state index in [1.165, 1.54) is 0 Å². The number of hydrogen-bond acceptors (Lipinski definition) is 4. The molecule has 0 bridgehead atoms. The van der Waals surface area contributed by atoms with Crippen LogP contribution in [0.4, 0.5) is 0 Å². The van der Waals surface area contributed by atoms with Gasteiger partial charge in [-0.05, 0) is 39.5 Å². The lowest BCUT2D eigenvalue weighted by Crippen LogP contribution is -2.60. The van der Waals surface area contributed by atoms with Gasteiger partial charge in [0, 0.05) is 30.5 Å². The molecule has 3 unspecified atom stereocenters. The number of hydrogen-bond donors (Lipinski definition) is 1. The molecule has 17 heavy (non-hydrogen) atoms. The van der Waals surface area contributed by atoms with E-state index in [-0.39, 0.29) is 5.54 Å². The van der Waals surface area contributed by atoms with Gasteiger partial charge in [-0.15, -0.1) is 0 Å². The van der Waals surface area contributed by atoms with Crippen LogP contribution in [-0.4, -0.2) is 54.8 Å². The summed E-state index contributed by atoms with van der Waals surface area (Å²) in [6.45, 7) is 6.08. The van der Waals surface area contributed by atoms with Crippen molar-refractivity contribution in [3.8, 4) is 0 Å². The fourth-order valence-electron chi connectivity index (χ4n) is 2.73. The predicted molar refractivity (Wildman–Crippen MR) is 76.7 cm³/mol. The lowest BCUT2D eigenvalue weighted by atomic mass is 9.83. The van der Waals surface area contributed by atoms with E-state index in [1.807, 2.05) is 11.8 Å². The Morgan fingerprint density at radius 3 is 2.82 bits per heavy atom. The Labute approximate surface area is 110 Å². The van der Waals surface area contributed by atoms with E-state index < -0.39 is 0 Å².